The molecule has 1 aromatic heterocycles. The Morgan fingerprint density at radius 1 is 0.833 bits per heavy atom. The van der Waals surface area contributed by atoms with Crippen molar-refractivity contribution in [2.45, 2.75) is 0 Å². The topological polar surface area (TPSA) is 9.23 Å². The Hall–Kier alpha value is -1.93. The average molecular weight is 253 g/mol. The Morgan fingerprint density at radius 2 is 1.61 bits per heavy atom. The van der Waals surface area contributed by atoms with Crippen molar-refractivity contribution in [2.75, 3.05) is 7.11 Å². The molecular formula is C16H13OS+. The van der Waals surface area contributed by atoms with Crippen molar-refractivity contribution < 1.29 is 4.74 Å². The van der Waals surface area contributed by atoms with Crippen LogP contribution in [0.3, 0.4) is 0 Å². The SMILES string of the molecule is COc1ccc(-c2ccc3ccccc3[s+]2)cc1. The maximum atomic E-state index is 5.18. The third-order valence-electron chi connectivity index (χ3n) is 2.93. The second-order valence-corrected chi connectivity index (χ2v) is 5.15. The Labute approximate surface area is 110 Å². The van der Waals surface area contributed by atoms with Gasteiger partial charge in [-0.15, -0.1) is 0 Å². The second kappa shape index (κ2) is 4.75. The molecule has 3 rings (SSSR count). The van der Waals surface area contributed by atoms with E-state index in [0.717, 1.165) is 5.75 Å². The lowest BCUT2D eigenvalue weighted by molar-refractivity contribution is 0.415. The van der Waals surface area contributed by atoms with E-state index in [-0.39, 0.29) is 0 Å². The van der Waals surface area contributed by atoms with Crippen LogP contribution in [0.1, 0.15) is 0 Å². The van der Waals surface area contributed by atoms with Crippen LogP contribution < -0.4 is 4.74 Å². The summed E-state index contributed by atoms with van der Waals surface area (Å²) in [5.41, 5.74) is 1.23. The van der Waals surface area contributed by atoms with Gasteiger partial charge in [0, 0.05) is 23.1 Å². The summed E-state index contributed by atoms with van der Waals surface area (Å²) in [6, 6.07) is 21.0. The lowest BCUT2D eigenvalue weighted by atomic mass is 10.1. The fourth-order valence-electron chi connectivity index (χ4n) is 1.94. The highest BCUT2D eigenvalue weighted by atomic mass is 32.1. The molecule has 0 aliphatic rings. The van der Waals surface area contributed by atoms with Gasteiger partial charge in [0.05, 0.1) is 7.11 Å². The standard InChI is InChI=1S/C16H13OS/c1-17-14-9-6-13(7-10-14)16-11-8-12-4-2-3-5-15(12)18-16/h2-11H,1H3/q+1. The minimum absolute atomic E-state index is 0.893. The molecule has 1 nitrogen and oxygen atoms in total. The molecule has 0 atom stereocenters. The van der Waals surface area contributed by atoms with E-state index in [4.69, 9.17) is 4.74 Å². The van der Waals surface area contributed by atoms with Crippen molar-refractivity contribution in [2.24, 2.45) is 0 Å². The highest BCUT2D eigenvalue weighted by Gasteiger charge is 2.12. The number of hydrogen-bond acceptors (Lipinski definition) is 1. The molecule has 2 heteroatoms. The smallest absolute Gasteiger partial charge is 0.238 e. The van der Waals surface area contributed by atoms with Crippen LogP contribution in [-0.4, -0.2) is 7.11 Å². The maximum Gasteiger partial charge on any atom is 0.238 e. The predicted molar refractivity (Wildman–Crippen MR) is 78.2 cm³/mol. The first-order valence-electron chi connectivity index (χ1n) is 5.83. The molecule has 18 heavy (non-hydrogen) atoms. The van der Waals surface area contributed by atoms with E-state index in [1.54, 1.807) is 7.11 Å². The third kappa shape index (κ3) is 2.07. The van der Waals surface area contributed by atoms with E-state index >= 15 is 0 Å². The van der Waals surface area contributed by atoms with Gasteiger partial charge in [-0.2, -0.15) is 0 Å². The van der Waals surface area contributed by atoms with Crippen LogP contribution >= 0.6 is 11.3 Å². The molecule has 3 aromatic rings. The van der Waals surface area contributed by atoms with Gasteiger partial charge >= 0.3 is 0 Å². The number of fused-ring (bicyclic) bond motifs is 1. The van der Waals surface area contributed by atoms with Gasteiger partial charge in [0.1, 0.15) is 5.75 Å². The van der Waals surface area contributed by atoms with Crippen LogP contribution in [0.2, 0.25) is 0 Å². The molecular weight excluding hydrogens is 240 g/mol. The molecule has 0 amide bonds. The Bertz CT molecular complexity index is 674. The summed E-state index contributed by atoms with van der Waals surface area (Å²) in [6.45, 7) is 0. The van der Waals surface area contributed by atoms with Gasteiger partial charge in [-0.25, -0.2) is 0 Å². The lowest BCUT2D eigenvalue weighted by Gasteiger charge is -1.99. The summed E-state index contributed by atoms with van der Waals surface area (Å²) < 4.78 is 6.49. The van der Waals surface area contributed by atoms with Crippen LogP contribution in [0.4, 0.5) is 0 Å². The van der Waals surface area contributed by atoms with Gasteiger partial charge < -0.3 is 4.74 Å². The van der Waals surface area contributed by atoms with Crippen molar-refractivity contribution in [1.82, 2.24) is 0 Å². The molecule has 1 heterocycles. The van der Waals surface area contributed by atoms with Crippen LogP contribution in [0.15, 0.2) is 60.7 Å². The Kier molecular flexibility index (Phi) is 2.95. The van der Waals surface area contributed by atoms with Crippen LogP contribution in [0.5, 0.6) is 5.75 Å². The molecule has 0 spiro atoms. The number of methoxy groups -OCH3 is 1. The van der Waals surface area contributed by atoms with E-state index in [2.05, 4.69) is 48.5 Å². The summed E-state index contributed by atoms with van der Waals surface area (Å²) in [5, 5.41) is 1.29. The number of benzene rings is 2. The van der Waals surface area contributed by atoms with Gasteiger partial charge in [-0.1, -0.05) is 12.1 Å². The van der Waals surface area contributed by atoms with E-state index in [1.807, 2.05) is 23.5 Å². The van der Waals surface area contributed by atoms with E-state index in [0.29, 0.717) is 0 Å². The normalized spacial score (nSPS) is 10.5. The Balaban J connectivity index is 2.07. The van der Waals surface area contributed by atoms with Crippen molar-refractivity contribution in [3.63, 3.8) is 0 Å². The molecule has 0 saturated carbocycles. The molecule has 0 unspecified atom stereocenters. The van der Waals surface area contributed by atoms with E-state index in [1.165, 1.54) is 20.5 Å². The van der Waals surface area contributed by atoms with Gasteiger partial charge in [0.15, 0.2) is 0 Å². The molecule has 0 saturated heterocycles. The molecule has 0 aliphatic carbocycles. The van der Waals surface area contributed by atoms with Crippen LogP contribution in [-0.2, 0) is 0 Å². The zero-order valence-corrected chi connectivity index (χ0v) is 10.9. The van der Waals surface area contributed by atoms with E-state index in [9.17, 15) is 0 Å². The minimum Gasteiger partial charge on any atom is -0.497 e. The summed E-state index contributed by atoms with van der Waals surface area (Å²) in [7, 11) is 1.69. The van der Waals surface area contributed by atoms with Gasteiger partial charge in [0.25, 0.3) is 0 Å². The zero-order chi connectivity index (χ0) is 12.4. The van der Waals surface area contributed by atoms with Gasteiger partial charge in [0.2, 0.25) is 20.9 Å². The third-order valence-corrected chi connectivity index (χ3v) is 4.11. The number of hydrogen-bond donors (Lipinski definition) is 0. The molecule has 2 aromatic carbocycles. The van der Waals surface area contributed by atoms with Crippen LogP contribution in [0.25, 0.3) is 20.5 Å². The largest absolute Gasteiger partial charge is 0.497 e. The quantitative estimate of drug-likeness (QED) is 0.593. The first kappa shape index (κ1) is 11.2. The zero-order valence-electron chi connectivity index (χ0n) is 10.1. The summed E-state index contributed by atoms with van der Waals surface area (Å²) >= 11 is 1.81. The first-order chi connectivity index (χ1) is 8.86. The highest BCUT2D eigenvalue weighted by molar-refractivity contribution is 7.21. The van der Waals surface area contributed by atoms with Crippen molar-refractivity contribution in [3.05, 3.63) is 60.7 Å². The minimum atomic E-state index is 0.893. The molecule has 0 N–H and O–H groups in total. The fraction of sp³-hybridized carbons (Fsp3) is 0.0625. The molecule has 0 radical (unpaired) electrons. The maximum absolute atomic E-state index is 5.18. The first-order valence-corrected chi connectivity index (χ1v) is 6.65. The van der Waals surface area contributed by atoms with Crippen molar-refractivity contribution >= 4 is 21.4 Å². The summed E-state index contributed by atoms with van der Waals surface area (Å²) in [4.78, 5) is 1.27. The molecule has 88 valence electrons. The van der Waals surface area contributed by atoms with Gasteiger partial charge in [-0.05, 0) is 36.4 Å². The van der Waals surface area contributed by atoms with Crippen molar-refractivity contribution in [1.29, 1.82) is 0 Å². The number of rotatable bonds is 2. The highest BCUT2D eigenvalue weighted by Crippen LogP contribution is 2.30. The van der Waals surface area contributed by atoms with E-state index < -0.39 is 0 Å². The second-order valence-electron chi connectivity index (χ2n) is 4.07. The molecule has 0 bridgehead atoms. The van der Waals surface area contributed by atoms with Crippen LogP contribution in [0, 0.1) is 0 Å². The molecule has 0 fully saturated rings. The predicted octanol–water partition coefficient (Wildman–Crippen LogP) is 4.86. The van der Waals surface area contributed by atoms with Crippen molar-refractivity contribution in [3.8, 4) is 16.2 Å². The van der Waals surface area contributed by atoms with Gasteiger partial charge in [-0.3, -0.25) is 0 Å². The number of ether oxygens (including phenoxy) is 1. The monoisotopic (exact) mass is 253 g/mol. The molecule has 0 aliphatic heterocycles. The fourth-order valence-corrected chi connectivity index (χ4v) is 2.97. The Morgan fingerprint density at radius 3 is 2.39 bits per heavy atom. The summed E-state index contributed by atoms with van der Waals surface area (Å²) in [6.07, 6.45) is 0. The average Bonchev–Trinajstić information content (AvgIpc) is 2.47. The lowest BCUT2D eigenvalue weighted by Crippen LogP contribution is -1.82. The summed E-state index contributed by atoms with van der Waals surface area (Å²) in [5.74, 6) is 0.893.